The van der Waals surface area contributed by atoms with E-state index in [4.69, 9.17) is 4.42 Å². The van der Waals surface area contributed by atoms with Gasteiger partial charge in [-0.1, -0.05) is 6.92 Å². The van der Waals surface area contributed by atoms with Gasteiger partial charge in [-0.3, -0.25) is 0 Å². The Morgan fingerprint density at radius 3 is 2.70 bits per heavy atom. The summed E-state index contributed by atoms with van der Waals surface area (Å²) in [6.07, 6.45) is 0.829. The number of sulfonamides is 1. The predicted molar refractivity (Wildman–Crippen MR) is 88.0 cm³/mol. The zero-order valence-electron chi connectivity index (χ0n) is 13.1. The van der Waals surface area contributed by atoms with Crippen molar-refractivity contribution in [1.82, 2.24) is 9.21 Å². The number of likely N-dealkylation sites (N-methyl/N-ethyl adjacent to an activating group) is 1. The summed E-state index contributed by atoms with van der Waals surface area (Å²) in [4.78, 5) is 13.7. The van der Waals surface area contributed by atoms with Crippen LogP contribution in [0.5, 0.6) is 0 Å². The van der Waals surface area contributed by atoms with Crippen LogP contribution in [0.15, 0.2) is 44.4 Å². The van der Waals surface area contributed by atoms with E-state index in [-0.39, 0.29) is 4.90 Å². The third-order valence-corrected chi connectivity index (χ3v) is 6.12. The molecule has 6 nitrogen and oxygen atoms in total. The molecule has 0 radical (unpaired) electrons. The molecule has 3 rings (SSSR count). The highest BCUT2D eigenvalue weighted by molar-refractivity contribution is 7.89. The van der Waals surface area contributed by atoms with Crippen molar-refractivity contribution >= 4 is 21.0 Å². The minimum absolute atomic E-state index is 0.240. The molecule has 1 aliphatic heterocycles. The zero-order valence-corrected chi connectivity index (χ0v) is 13.9. The average molecular weight is 336 g/mol. The van der Waals surface area contributed by atoms with E-state index in [1.165, 1.54) is 12.1 Å². The Labute approximate surface area is 135 Å². The summed E-state index contributed by atoms with van der Waals surface area (Å²) in [6.45, 7) is 5.71. The van der Waals surface area contributed by atoms with Crippen molar-refractivity contribution in [3.63, 3.8) is 0 Å². The van der Waals surface area contributed by atoms with Crippen LogP contribution < -0.4 is 5.63 Å². The molecule has 0 spiro atoms. The quantitative estimate of drug-likeness (QED) is 0.795. The van der Waals surface area contributed by atoms with Crippen molar-refractivity contribution in [2.75, 3.05) is 32.7 Å². The monoisotopic (exact) mass is 336 g/mol. The topological polar surface area (TPSA) is 70.8 Å². The molecular weight excluding hydrogens is 316 g/mol. The van der Waals surface area contributed by atoms with Crippen molar-refractivity contribution in [2.45, 2.75) is 18.2 Å². The molecule has 1 aromatic heterocycles. The molecule has 0 unspecified atom stereocenters. The Kier molecular flexibility index (Phi) is 4.52. The third kappa shape index (κ3) is 3.31. The first-order valence-electron chi connectivity index (χ1n) is 7.77. The lowest BCUT2D eigenvalue weighted by Crippen LogP contribution is -2.35. The van der Waals surface area contributed by atoms with Crippen LogP contribution in [0.2, 0.25) is 0 Å². The fourth-order valence-corrected chi connectivity index (χ4v) is 4.37. The van der Waals surface area contributed by atoms with Crippen LogP contribution >= 0.6 is 0 Å². The molecule has 0 atom stereocenters. The van der Waals surface area contributed by atoms with E-state index in [1.54, 1.807) is 22.5 Å². The Bertz CT molecular complexity index is 860. The SMILES string of the molecule is CCN1CCCN(S(=O)(=O)c2ccc3oc(=O)ccc3c2)CC1. The van der Waals surface area contributed by atoms with Crippen LogP contribution in [0.25, 0.3) is 11.0 Å². The van der Waals surface area contributed by atoms with Gasteiger partial charge in [0, 0.05) is 31.1 Å². The summed E-state index contributed by atoms with van der Waals surface area (Å²) >= 11 is 0. The third-order valence-electron chi connectivity index (χ3n) is 4.22. The van der Waals surface area contributed by atoms with Crippen molar-refractivity contribution < 1.29 is 12.8 Å². The van der Waals surface area contributed by atoms with Crippen LogP contribution in [-0.4, -0.2) is 50.3 Å². The first-order valence-corrected chi connectivity index (χ1v) is 9.21. The predicted octanol–water partition coefficient (Wildman–Crippen LogP) is 1.51. The first kappa shape index (κ1) is 16.2. The number of hydrogen-bond acceptors (Lipinski definition) is 5. The van der Waals surface area contributed by atoms with Gasteiger partial charge in [0.15, 0.2) is 0 Å². The maximum atomic E-state index is 12.9. The summed E-state index contributed by atoms with van der Waals surface area (Å²) < 4.78 is 32.3. The average Bonchev–Trinajstić information content (AvgIpc) is 2.80. The molecular formula is C16H20N2O4S. The normalized spacial score (nSPS) is 18.1. The molecule has 23 heavy (non-hydrogen) atoms. The molecule has 0 bridgehead atoms. The zero-order chi connectivity index (χ0) is 16.4. The van der Waals surface area contributed by atoms with Gasteiger partial charge in [-0.15, -0.1) is 0 Å². The summed E-state index contributed by atoms with van der Waals surface area (Å²) in [5.41, 5.74) is -0.0512. The second-order valence-electron chi connectivity index (χ2n) is 5.65. The van der Waals surface area contributed by atoms with Gasteiger partial charge < -0.3 is 9.32 Å². The van der Waals surface area contributed by atoms with E-state index in [9.17, 15) is 13.2 Å². The van der Waals surface area contributed by atoms with Gasteiger partial charge >= 0.3 is 5.63 Å². The summed E-state index contributed by atoms with van der Waals surface area (Å²) in [5, 5.41) is 0.607. The number of benzene rings is 1. The molecule has 1 fully saturated rings. The van der Waals surface area contributed by atoms with Crippen LogP contribution in [0.4, 0.5) is 0 Å². The molecule has 1 saturated heterocycles. The second kappa shape index (κ2) is 6.43. The molecule has 2 aromatic rings. The fraction of sp³-hybridized carbons (Fsp3) is 0.438. The molecule has 0 N–H and O–H groups in total. The molecule has 124 valence electrons. The molecule has 0 amide bonds. The number of rotatable bonds is 3. The van der Waals surface area contributed by atoms with Gasteiger partial charge in [0.1, 0.15) is 5.58 Å². The number of nitrogens with zero attached hydrogens (tertiary/aromatic N) is 2. The molecule has 0 aliphatic carbocycles. The Hall–Kier alpha value is -1.70. The van der Waals surface area contributed by atoms with E-state index >= 15 is 0 Å². The fourth-order valence-electron chi connectivity index (χ4n) is 2.86. The second-order valence-corrected chi connectivity index (χ2v) is 7.58. The lowest BCUT2D eigenvalue weighted by atomic mass is 10.2. The minimum atomic E-state index is -3.53. The van der Waals surface area contributed by atoms with Crippen LogP contribution in [0.3, 0.4) is 0 Å². The van der Waals surface area contributed by atoms with Gasteiger partial charge in [-0.05, 0) is 43.8 Å². The van der Waals surface area contributed by atoms with E-state index in [1.807, 2.05) is 0 Å². The van der Waals surface area contributed by atoms with E-state index in [2.05, 4.69) is 11.8 Å². The van der Waals surface area contributed by atoms with Gasteiger partial charge in [0.2, 0.25) is 10.0 Å². The Morgan fingerprint density at radius 1 is 1.09 bits per heavy atom. The Balaban J connectivity index is 1.92. The van der Waals surface area contributed by atoms with Crippen molar-refractivity contribution in [2.24, 2.45) is 0 Å². The van der Waals surface area contributed by atoms with Gasteiger partial charge in [-0.25, -0.2) is 13.2 Å². The maximum Gasteiger partial charge on any atom is 0.336 e. The highest BCUT2D eigenvalue weighted by atomic mass is 32.2. The highest BCUT2D eigenvalue weighted by Crippen LogP contribution is 2.22. The lowest BCUT2D eigenvalue weighted by molar-refractivity contribution is 0.302. The van der Waals surface area contributed by atoms with Crippen molar-refractivity contribution in [3.05, 3.63) is 40.8 Å². The standard InChI is InChI=1S/C16H20N2O4S/c1-2-17-8-3-9-18(11-10-17)23(20,21)14-5-6-15-13(12-14)4-7-16(19)22-15/h4-7,12H,2-3,8-11H2,1H3. The highest BCUT2D eigenvalue weighted by Gasteiger charge is 2.26. The van der Waals surface area contributed by atoms with Crippen molar-refractivity contribution in [3.8, 4) is 0 Å². The molecule has 7 heteroatoms. The number of fused-ring (bicyclic) bond motifs is 1. The van der Waals surface area contributed by atoms with Gasteiger partial charge in [-0.2, -0.15) is 4.31 Å². The smallest absolute Gasteiger partial charge is 0.336 e. The first-order chi connectivity index (χ1) is 11.0. The minimum Gasteiger partial charge on any atom is -0.423 e. The van der Waals surface area contributed by atoms with Crippen LogP contribution in [0, 0.1) is 0 Å². The lowest BCUT2D eigenvalue weighted by Gasteiger charge is -2.21. The summed E-state index contributed by atoms with van der Waals surface area (Å²) in [6, 6.07) is 7.49. The molecule has 1 aliphatic rings. The number of hydrogen-bond donors (Lipinski definition) is 0. The molecule has 2 heterocycles. The van der Waals surface area contributed by atoms with Crippen LogP contribution in [0.1, 0.15) is 13.3 Å². The molecule has 0 saturated carbocycles. The van der Waals surface area contributed by atoms with E-state index < -0.39 is 15.6 Å². The van der Waals surface area contributed by atoms with Gasteiger partial charge in [0.05, 0.1) is 4.90 Å². The van der Waals surface area contributed by atoms with Crippen LogP contribution in [-0.2, 0) is 10.0 Å². The summed E-state index contributed by atoms with van der Waals surface area (Å²) in [7, 11) is -3.53. The van der Waals surface area contributed by atoms with Crippen molar-refractivity contribution in [1.29, 1.82) is 0 Å². The van der Waals surface area contributed by atoms with E-state index in [0.29, 0.717) is 24.1 Å². The largest absolute Gasteiger partial charge is 0.423 e. The van der Waals surface area contributed by atoms with Gasteiger partial charge in [0.25, 0.3) is 0 Å². The van der Waals surface area contributed by atoms with E-state index in [0.717, 1.165) is 26.1 Å². The molecule has 1 aromatic carbocycles. The summed E-state index contributed by atoms with van der Waals surface area (Å²) in [5.74, 6) is 0. The maximum absolute atomic E-state index is 12.9. The Morgan fingerprint density at radius 2 is 1.91 bits per heavy atom.